The Hall–Kier alpha value is -2.54. The number of ether oxygens (including phenoxy) is 2. The van der Waals surface area contributed by atoms with Gasteiger partial charge in [0, 0.05) is 0 Å². The van der Waals surface area contributed by atoms with Gasteiger partial charge in [-0.25, -0.2) is 13.2 Å². The molecule has 0 spiro atoms. The minimum absolute atomic E-state index is 0.128. The van der Waals surface area contributed by atoms with Crippen molar-refractivity contribution < 1.29 is 22.7 Å². The number of hydrogen-bond acceptors (Lipinski definition) is 5. The Bertz CT molecular complexity index is 935. The zero-order chi connectivity index (χ0) is 20.2. The molecule has 0 aliphatic rings. The number of sulfonamides is 1. The Kier molecular flexibility index (Phi) is 6.49. The van der Waals surface area contributed by atoms with E-state index in [1.165, 1.54) is 25.3 Å². The van der Waals surface area contributed by atoms with Gasteiger partial charge in [-0.1, -0.05) is 32.0 Å². The van der Waals surface area contributed by atoms with Crippen LogP contribution in [0.3, 0.4) is 0 Å². The lowest BCUT2D eigenvalue weighted by molar-refractivity contribution is -0.142. The molecule has 0 unspecified atom stereocenters. The standard InChI is InChI=1S/C20H25NO5S/c1-13(2)17-8-6-7-14(3)20(17)21-27(23,24)16-9-10-18(15(4)11-16)26-12-19(22)25-5/h6-11,13,21H,12H2,1-5H3. The van der Waals surface area contributed by atoms with E-state index in [1.807, 2.05) is 39.0 Å². The van der Waals surface area contributed by atoms with Gasteiger partial charge >= 0.3 is 5.97 Å². The molecule has 7 heteroatoms. The van der Waals surface area contributed by atoms with Crippen LogP contribution in [0.25, 0.3) is 0 Å². The Labute approximate surface area is 160 Å². The van der Waals surface area contributed by atoms with Crippen molar-refractivity contribution in [2.75, 3.05) is 18.4 Å². The third kappa shape index (κ3) is 5.01. The molecule has 0 aromatic heterocycles. The van der Waals surface area contributed by atoms with Gasteiger partial charge in [-0.2, -0.15) is 0 Å². The number of aryl methyl sites for hydroxylation is 2. The number of methoxy groups -OCH3 is 1. The number of esters is 1. The molecule has 1 N–H and O–H groups in total. The number of carbonyl (C=O) groups excluding carboxylic acids is 1. The van der Waals surface area contributed by atoms with Crippen molar-refractivity contribution in [3.05, 3.63) is 53.1 Å². The summed E-state index contributed by atoms with van der Waals surface area (Å²) in [6.45, 7) is 7.40. The Morgan fingerprint density at radius 1 is 1.11 bits per heavy atom. The number of rotatable bonds is 7. The van der Waals surface area contributed by atoms with Crippen LogP contribution in [0.5, 0.6) is 5.75 Å². The summed E-state index contributed by atoms with van der Waals surface area (Å²) in [5.74, 6) is 0.102. The predicted molar refractivity (Wildman–Crippen MR) is 105 cm³/mol. The molecule has 0 saturated heterocycles. The first-order valence-electron chi connectivity index (χ1n) is 8.58. The van der Waals surface area contributed by atoms with Gasteiger partial charge in [0.15, 0.2) is 6.61 Å². The highest BCUT2D eigenvalue weighted by atomic mass is 32.2. The van der Waals surface area contributed by atoms with Crippen molar-refractivity contribution in [3.8, 4) is 5.75 Å². The molecule has 0 amide bonds. The lowest BCUT2D eigenvalue weighted by Crippen LogP contribution is -2.16. The van der Waals surface area contributed by atoms with Crippen LogP contribution in [-0.4, -0.2) is 28.1 Å². The molecule has 0 bridgehead atoms. The first-order valence-corrected chi connectivity index (χ1v) is 10.1. The molecule has 2 rings (SSSR count). The number of nitrogens with one attached hydrogen (secondary N) is 1. The maximum atomic E-state index is 12.9. The van der Waals surface area contributed by atoms with Crippen LogP contribution in [-0.2, 0) is 19.6 Å². The average molecular weight is 391 g/mol. The largest absolute Gasteiger partial charge is 0.482 e. The predicted octanol–water partition coefficient (Wildman–Crippen LogP) is 3.78. The van der Waals surface area contributed by atoms with Gasteiger partial charge in [-0.15, -0.1) is 0 Å². The van der Waals surface area contributed by atoms with Crippen molar-refractivity contribution in [2.45, 2.75) is 38.5 Å². The highest BCUT2D eigenvalue weighted by molar-refractivity contribution is 7.92. The molecule has 6 nitrogen and oxygen atoms in total. The molecule has 27 heavy (non-hydrogen) atoms. The first-order chi connectivity index (χ1) is 12.7. The summed E-state index contributed by atoms with van der Waals surface area (Å²) in [6.07, 6.45) is 0. The third-order valence-electron chi connectivity index (χ3n) is 4.19. The monoisotopic (exact) mass is 391 g/mol. The zero-order valence-electron chi connectivity index (χ0n) is 16.2. The van der Waals surface area contributed by atoms with E-state index >= 15 is 0 Å². The lowest BCUT2D eigenvalue weighted by atomic mass is 9.99. The number of anilines is 1. The second kappa shape index (κ2) is 8.43. The fourth-order valence-corrected chi connectivity index (χ4v) is 3.90. The summed E-state index contributed by atoms with van der Waals surface area (Å²) in [5, 5.41) is 0. The van der Waals surface area contributed by atoms with Gasteiger partial charge in [0.05, 0.1) is 17.7 Å². The summed E-state index contributed by atoms with van der Waals surface area (Å²) in [4.78, 5) is 11.3. The van der Waals surface area contributed by atoms with Crippen molar-refractivity contribution in [3.63, 3.8) is 0 Å². The molecule has 2 aromatic carbocycles. The van der Waals surface area contributed by atoms with Crippen LogP contribution >= 0.6 is 0 Å². The van der Waals surface area contributed by atoms with Crippen LogP contribution in [0.1, 0.15) is 36.5 Å². The van der Waals surface area contributed by atoms with E-state index in [4.69, 9.17) is 4.74 Å². The maximum absolute atomic E-state index is 12.9. The normalized spacial score (nSPS) is 11.3. The highest BCUT2D eigenvalue weighted by Gasteiger charge is 2.19. The number of carbonyl (C=O) groups is 1. The van der Waals surface area contributed by atoms with Crippen molar-refractivity contribution in [1.29, 1.82) is 0 Å². The summed E-state index contributed by atoms with van der Waals surface area (Å²) in [7, 11) is -2.49. The van der Waals surface area contributed by atoms with Crippen molar-refractivity contribution in [2.24, 2.45) is 0 Å². The smallest absolute Gasteiger partial charge is 0.343 e. The van der Waals surface area contributed by atoms with E-state index in [-0.39, 0.29) is 17.4 Å². The lowest BCUT2D eigenvalue weighted by Gasteiger charge is -2.18. The van der Waals surface area contributed by atoms with E-state index in [9.17, 15) is 13.2 Å². The van der Waals surface area contributed by atoms with Gasteiger partial charge in [-0.05, 0) is 54.7 Å². The van der Waals surface area contributed by atoms with E-state index in [0.717, 1.165) is 11.1 Å². The van der Waals surface area contributed by atoms with Crippen LogP contribution in [0.15, 0.2) is 41.3 Å². The Morgan fingerprint density at radius 3 is 2.41 bits per heavy atom. The van der Waals surface area contributed by atoms with Crippen LogP contribution in [0, 0.1) is 13.8 Å². The van der Waals surface area contributed by atoms with Gasteiger partial charge in [-0.3, -0.25) is 4.72 Å². The van der Waals surface area contributed by atoms with E-state index < -0.39 is 16.0 Å². The van der Waals surface area contributed by atoms with Gasteiger partial charge in [0.1, 0.15) is 5.75 Å². The van der Waals surface area contributed by atoms with Crippen molar-refractivity contribution in [1.82, 2.24) is 0 Å². The minimum Gasteiger partial charge on any atom is -0.482 e. The molecule has 0 aliphatic heterocycles. The molecule has 146 valence electrons. The topological polar surface area (TPSA) is 81.7 Å². The molecule has 2 aromatic rings. The number of para-hydroxylation sites is 1. The highest BCUT2D eigenvalue weighted by Crippen LogP contribution is 2.30. The molecule has 0 aliphatic carbocycles. The van der Waals surface area contributed by atoms with Gasteiger partial charge in [0.2, 0.25) is 0 Å². The number of hydrogen-bond donors (Lipinski definition) is 1. The first kappa shape index (κ1) is 20.8. The summed E-state index contributed by atoms with van der Waals surface area (Å²) < 4.78 is 38.4. The fraction of sp³-hybridized carbons (Fsp3) is 0.350. The number of benzene rings is 2. The van der Waals surface area contributed by atoms with E-state index in [2.05, 4.69) is 9.46 Å². The van der Waals surface area contributed by atoms with E-state index in [0.29, 0.717) is 17.0 Å². The quantitative estimate of drug-likeness (QED) is 0.727. The Morgan fingerprint density at radius 2 is 1.81 bits per heavy atom. The average Bonchev–Trinajstić information content (AvgIpc) is 2.61. The molecular weight excluding hydrogens is 366 g/mol. The summed E-state index contributed by atoms with van der Waals surface area (Å²) >= 11 is 0. The minimum atomic E-state index is -3.76. The SMILES string of the molecule is COC(=O)COc1ccc(S(=O)(=O)Nc2c(C)cccc2C(C)C)cc1C. The second-order valence-electron chi connectivity index (χ2n) is 6.59. The molecule has 0 radical (unpaired) electrons. The molecule has 0 heterocycles. The summed E-state index contributed by atoms with van der Waals surface area (Å²) in [5.41, 5.74) is 3.01. The third-order valence-corrected chi connectivity index (χ3v) is 5.54. The molecule has 0 fully saturated rings. The second-order valence-corrected chi connectivity index (χ2v) is 8.27. The van der Waals surface area contributed by atoms with E-state index in [1.54, 1.807) is 6.92 Å². The fourth-order valence-electron chi connectivity index (χ4n) is 2.65. The maximum Gasteiger partial charge on any atom is 0.343 e. The molecule has 0 saturated carbocycles. The van der Waals surface area contributed by atoms with Gasteiger partial charge < -0.3 is 9.47 Å². The summed E-state index contributed by atoms with van der Waals surface area (Å²) in [6, 6.07) is 10.2. The molecule has 0 atom stereocenters. The zero-order valence-corrected chi connectivity index (χ0v) is 17.0. The Balaban J connectivity index is 2.30. The molecular formula is C20H25NO5S. The van der Waals surface area contributed by atoms with Gasteiger partial charge in [0.25, 0.3) is 10.0 Å². The van der Waals surface area contributed by atoms with Crippen molar-refractivity contribution >= 4 is 21.7 Å². The van der Waals surface area contributed by atoms with Crippen LogP contribution < -0.4 is 9.46 Å². The van der Waals surface area contributed by atoms with Crippen LogP contribution in [0.2, 0.25) is 0 Å². The van der Waals surface area contributed by atoms with Crippen LogP contribution in [0.4, 0.5) is 5.69 Å².